The number of fused-ring (bicyclic) bond motifs is 1. The zero-order valence-corrected chi connectivity index (χ0v) is 14.8. The molecule has 6 nitrogen and oxygen atoms in total. The average Bonchev–Trinajstić information content (AvgIpc) is 3.28. The quantitative estimate of drug-likeness (QED) is 0.748. The lowest BCUT2D eigenvalue weighted by atomic mass is 10.1. The Kier molecular flexibility index (Phi) is 4.55. The van der Waals surface area contributed by atoms with Crippen LogP contribution in [-0.2, 0) is 0 Å². The highest BCUT2D eigenvalue weighted by atomic mass is 35.5. The average molecular weight is 358 g/mol. The van der Waals surface area contributed by atoms with Gasteiger partial charge in [-0.15, -0.1) is 0 Å². The molecule has 1 fully saturated rings. The predicted molar refractivity (Wildman–Crippen MR) is 97.8 cm³/mol. The lowest BCUT2D eigenvalue weighted by Crippen LogP contribution is -2.31. The Hall–Kier alpha value is -2.18. The van der Waals surface area contributed by atoms with Crippen molar-refractivity contribution in [3.05, 3.63) is 46.9 Å². The van der Waals surface area contributed by atoms with Crippen LogP contribution in [0.25, 0.3) is 11.1 Å². The second kappa shape index (κ2) is 6.98. The topological polar surface area (TPSA) is 67.1 Å². The summed E-state index contributed by atoms with van der Waals surface area (Å²) in [5, 5.41) is 9.07. The van der Waals surface area contributed by atoms with Crippen LogP contribution in [0.5, 0.6) is 0 Å². The summed E-state index contributed by atoms with van der Waals surface area (Å²) in [4.78, 5) is 11.0. The minimum atomic E-state index is 0.268. The van der Waals surface area contributed by atoms with Gasteiger partial charge in [0.1, 0.15) is 17.5 Å². The molecule has 7 heteroatoms. The van der Waals surface area contributed by atoms with Crippen LogP contribution in [0.2, 0.25) is 5.02 Å². The number of rotatable bonds is 5. The Morgan fingerprint density at radius 3 is 2.72 bits per heavy atom. The SMILES string of the molecule is Cc1noc2ncnc(NCC(c3ccc(Cl)cc3)N3CCCC3)c12. The van der Waals surface area contributed by atoms with Gasteiger partial charge in [0, 0.05) is 11.6 Å². The van der Waals surface area contributed by atoms with Crippen LogP contribution in [0.3, 0.4) is 0 Å². The van der Waals surface area contributed by atoms with Gasteiger partial charge < -0.3 is 9.84 Å². The number of aryl methyl sites for hydroxylation is 1. The van der Waals surface area contributed by atoms with Gasteiger partial charge in [-0.1, -0.05) is 28.9 Å². The van der Waals surface area contributed by atoms with E-state index in [4.69, 9.17) is 16.1 Å². The van der Waals surface area contributed by atoms with E-state index in [1.54, 1.807) is 0 Å². The lowest BCUT2D eigenvalue weighted by molar-refractivity contribution is 0.256. The van der Waals surface area contributed by atoms with Gasteiger partial charge in [-0.3, -0.25) is 4.90 Å². The summed E-state index contributed by atoms with van der Waals surface area (Å²) < 4.78 is 5.23. The van der Waals surface area contributed by atoms with Gasteiger partial charge in [0.2, 0.25) is 0 Å². The van der Waals surface area contributed by atoms with Crippen LogP contribution in [0.4, 0.5) is 5.82 Å². The third-order valence-electron chi connectivity index (χ3n) is 4.74. The summed E-state index contributed by atoms with van der Waals surface area (Å²) in [6, 6.07) is 8.38. The van der Waals surface area contributed by atoms with Crippen LogP contribution in [-0.4, -0.2) is 39.7 Å². The number of hydrogen-bond acceptors (Lipinski definition) is 6. The fourth-order valence-electron chi connectivity index (χ4n) is 3.45. The molecular formula is C18H20ClN5O. The van der Waals surface area contributed by atoms with Crippen LogP contribution in [0, 0.1) is 6.92 Å². The van der Waals surface area contributed by atoms with Crippen LogP contribution < -0.4 is 5.32 Å². The molecule has 1 aliphatic heterocycles. The number of nitrogens with zero attached hydrogens (tertiary/aromatic N) is 4. The predicted octanol–water partition coefficient (Wildman–Crippen LogP) is 3.83. The summed E-state index contributed by atoms with van der Waals surface area (Å²) in [7, 11) is 0. The highest BCUT2D eigenvalue weighted by molar-refractivity contribution is 6.30. The van der Waals surface area contributed by atoms with Gasteiger partial charge in [-0.05, 0) is 50.6 Å². The van der Waals surface area contributed by atoms with E-state index in [1.807, 2.05) is 19.1 Å². The number of hydrogen-bond donors (Lipinski definition) is 1. The summed E-state index contributed by atoms with van der Waals surface area (Å²) >= 11 is 6.06. The molecule has 1 aliphatic rings. The van der Waals surface area contributed by atoms with Gasteiger partial charge in [-0.25, -0.2) is 4.98 Å². The molecule has 1 saturated heterocycles. The summed E-state index contributed by atoms with van der Waals surface area (Å²) in [6.07, 6.45) is 3.99. The van der Waals surface area contributed by atoms with Crippen molar-refractivity contribution in [3.8, 4) is 0 Å². The van der Waals surface area contributed by atoms with E-state index in [1.165, 1.54) is 24.7 Å². The highest BCUT2D eigenvalue weighted by Gasteiger charge is 2.24. The molecule has 4 rings (SSSR count). The van der Waals surface area contributed by atoms with Crippen molar-refractivity contribution in [1.82, 2.24) is 20.0 Å². The van der Waals surface area contributed by atoms with E-state index >= 15 is 0 Å². The molecule has 2 aromatic heterocycles. The van der Waals surface area contributed by atoms with Gasteiger partial charge in [0.15, 0.2) is 0 Å². The molecule has 0 spiro atoms. The van der Waals surface area contributed by atoms with E-state index in [0.29, 0.717) is 5.71 Å². The standard InChI is InChI=1S/C18H20ClN5O/c1-12-16-17(21-11-22-18(16)25-23-12)20-10-15(24-8-2-3-9-24)13-4-6-14(19)7-5-13/h4-7,11,15H,2-3,8-10H2,1H3,(H,20,21,22). The van der Waals surface area contributed by atoms with E-state index in [2.05, 4.69) is 37.5 Å². The third-order valence-corrected chi connectivity index (χ3v) is 4.99. The molecule has 3 heterocycles. The molecule has 0 bridgehead atoms. The molecule has 130 valence electrons. The molecule has 1 atom stereocenters. The monoisotopic (exact) mass is 357 g/mol. The van der Waals surface area contributed by atoms with Crippen molar-refractivity contribution in [1.29, 1.82) is 0 Å². The Labute approximate surface area is 151 Å². The fourth-order valence-corrected chi connectivity index (χ4v) is 3.57. The molecule has 25 heavy (non-hydrogen) atoms. The molecule has 1 aromatic carbocycles. The van der Waals surface area contributed by atoms with Crippen LogP contribution in [0.1, 0.15) is 30.1 Å². The van der Waals surface area contributed by atoms with Crippen molar-refractivity contribution in [2.45, 2.75) is 25.8 Å². The zero-order valence-electron chi connectivity index (χ0n) is 14.1. The van der Waals surface area contributed by atoms with Gasteiger partial charge in [0.25, 0.3) is 5.71 Å². The van der Waals surface area contributed by atoms with Gasteiger partial charge in [0.05, 0.1) is 11.7 Å². The Morgan fingerprint density at radius 1 is 1.20 bits per heavy atom. The smallest absolute Gasteiger partial charge is 0.263 e. The largest absolute Gasteiger partial charge is 0.367 e. The lowest BCUT2D eigenvalue weighted by Gasteiger charge is -2.28. The zero-order chi connectivity index (χ0) is 17.2. The maximum absolute atomic E-state index is 6.06. The summed E-state index contributed by atoms with van der Waals surface area (Å²) in [5.41, 5.74) is 2.56. The van der Waals surface area contributed by atoms with E-state index in [9.17, 15) is 0 Å². The van der Waals surface area contributed by atoms with Gasteiger partial charge >= 0.3 is 0 Å². The van der Waals surface area contributed by atoms with Crippen molar-refractivity contribution in [3.63, 3.8) is 0 Å². The number of benzene rings is 1. The maximum Gasteiger partial charge on any atom is 0.263 e. The van der Waals surface area contributed by atoms with Crippen molar-refractivity contribution < 1.29 is 4.52 Å². The Bertz CT molecular complexity index is 858. The van der Waals surface area contributed by atoms with Crippen molar-refractivity contribution in [2.75, 3.05) is 25.0 Å². The molecule has 0 saturated carbocycles. The van der Waals surface area contributed by atoms with E-state index in [-0.39, 0.29) is 6.04 Å². The molecule has 3 aromatic rings. The molecule has 0 aliphatic carbocycles. The summed E-state index contributed by atoms with van der Waals surface area (Å²) in [6.45, 7) is 4.87. The number of anilines is 1. The third kappa shape index (κ3) is 3.32. The number of aromatic nitrogens is 3. The molecule has 1 N–H and O–H groups in total. The molecular weight excluding hydrogens is 338 g/mol. The first-order chi connectivity index (χ1) is 12.2. The molecule has 1 unspecified atom stereocenters. The number of likely N-dealkylation sites (tertiary alicyclic amines) is 1. The fraction of sp³-hybridized carbons (Fsp3) is 0.389. The second-order valence-corrected chi connectivity index (χ2v) is 6.80. The molecule has 0 radical (unpaired) electrons. The van der Waals surface area contributed by atoms with E-state index < -0.39 is 0 Å². The van der Waals surface area contributed by atoms with Gasteiger partial charge in [-0.2, -0.15) is 4.98 Å². The first-order valence-corrected chi connectivity index (χ1v) is 8.90. The maximum atomic E-state index is 6.06. The van der Waals surface area contributed by atoms with Crippen molar-refractivity contribution >= 4 is 28.5 Å². The minimum Gasteiger partial charge on any atom is -0.367 e. The first kappa shape index (κ1) is 16.3. The Balaban J connectivity index is 1.60. The normalized spacial score (nSPS) is 16.4. The first-order valence-electron chi connectivity index (χ1n) is 8.53. The minimum absolute atomic E-state index is 0.268. The van der Waals surface area contributed by atoms with Crippen LogP contribution in [0.15, 0.2) is 35.1 Å². The van der Waals surface area contributed by atoms with E-state index in [0.717, 1.165) is 41.6 Å². The number of halogens is 1. The highest BCUT2D eigenvalue weighted by Crippen LogP contribution is 2.28. The number of nitrogens with one attached hydrogen (secondary N) is 1. The summed E-state index contributed by atoms with van der Waals surface area (Å²) in [5.74, 6) is 0.766. The Morgan fingerprint density at radius 2 is 1.96 bits per heavy atom. The second-order valence-electron chi connectivity index (χ2n) is 6.36. The molecule has 0 amide bonds. The van der Waals surface area contributed by atoms with Crippen LogP contribution >= 0.6 is 11.6 Å². The van der Waals surface area contributed by atoms with Crippen molar-refractivity contribution in [2.24, 2.45) is 0 Å².